The first-order valence-corrected chi connectivity index (χ1v) is 9.32. The summed E-state index contributed by atoms with van der Waals surface area (Å²) in [4.78, 5) is 0. The van der Waals surface area contributed by atoms with Crippen LogP contribution in [0.25, 0.3) is 0 Å². The second-order valence-electron chi connectivity index (χ2n) is 6.41. The second-order valence-corrected chi connectivity index (χ2v) is 6.41. The van der Waals surface area contributed by atoms with Crippen LogP contribution >= 0.6 is 0 Å². The highest BCUT2D eigenvalue weighted by Gasteiger charge is 2.10. The molecule has 0 saturated carbocycles. The van der Waals surface area contributed by atoms with E-state index < -0.39 is 17.4 Å². The molecule has 0 heterocycles. The van der Waals surface area contributed by atoms with Crippen LogP contribution in [0.5, 0.6) is 5.75 Å². The molecule has 0 atom stereocenters. The quantitative estimate of drug-likeness (QED) is 0.289. The number of ether oxygens (including phenoxy) is 1. The lowest BCUT2D eigenvalue weighted by atomic mass is 10.0. The maximum absolute atomic E-state index is 13.6. The highest BCUT2D eigenvalue weighted by molar-refractivity contribution is 5.82. The fourth-order valence-corrected chi connectivity index (χ4v) is 2.75. The molecule has 0 saturated heterocycles. The normalized spacial score (nSPS) is 11.6. The van der Waals surface area contributed by atoms with Crippen molar-refractivity contribution in [2.75, 3.05) is 7.11 Å². The van der Waals surface area contributed by atoms with E-state index in [2.05, 4.69) is 34.0 Å². The van der Waals surface area contributed by atoms with Crippen molar-refractivity contribution in [2.45, 2.75) is 45.4 Å². The summed E-state index contributed by atoms with van der Waals surface area (Å²) in [6, 6.07) is 10.5. The molecule has 0 unspecified atom stereocenters. The summed E-state index contributed by atoms with van der Waals surface area (Å²) in [5, 5.41) is 7.78. The van der Waals surface area contributed by atoms with Crippen LogP contribution in [0.3, 0.4) is 0 Å². The predicted molar refractivity (Wildman–Crippen MR) is 107 cm³/mol. The SMILES string of the molecule is CCCCCCCc1ccc(/C=N/N=C/c2cc(F)c(OC)c(F)c2)cc1. The van der Waals surface area contributed by atoms with Gasteiger partial charge in [-0.1, -0.05) is 56.9 Å². The maximum atomic E-state index is 13.6. The van der Waals surface area contributed by atoms with Gasteiger partial charge in [0.15, 0.2) is 17.4 Å². The van der Waals surface area contributed by atoms with Crippen LogP contribution in [0, 0.1) is 11.6 Å². The molecule has 0 spiro atoms. The number of unbranched alkanes of at least 4 members (excludes halogenated alkanes) is 4. The largest absolute Gasteiger partial charge is 0.491 e. The predicted octanol–water partition coefficient (Wildman–Crippen LogP) is 5.94. The number of rotatable bonds is 10. The smallest absolute Gasteiger partial charge is 0.190 e. The van der Waals surface area contributed by atoms with Crippen molar-refractivity contribution in [3.05, 3.63) is 64.7 Å². The molecule has 0 bridgehead atoms. The van der Waals surface area contributed by atoms with Crippen molar-refractivity contribution in [1.82, 2.24) is 0 Å². The lowest BCUT2D eigenvalue weighted by Crippen LogP contribution is -1.95. The first-order chi connectivity index (χ1) is 13.1. The Bertz CT molecular complexity index is 747. The van der Waals surface area contributed by atoms with Crippen molar-refractivity contribution >= 4 is 12.4 Å². The summed E-state index contributed by atoms with van der Waals surface area (Å²) >= 11 is 0. The molecule has 2 rings (SSSR count). The summed E-state index contributed by atoms with van der Waals surface area (Å²) in [6.45, 7) is 2.22. The van der Waals surface area contributed by atoms with Gasteiger partial charge in [-0.15, -0.1) is 0 Å². The van der Waals surface area contributed by atoms with Crippen LogP contribution in [0.1, 0.15) is 55.7 Å². The maximum Gasteiger partial charge on any atom is 0.190 e. The molecule has 5 heteroatoms. The number of methoxy groups -OCH3 is 1. The molecular weight excluding hydrogens is 346 g/mol. The van der Waals surface area contributed by atoms with Crippen LogP contribution in [-0.4, -0.2) is 19.5 Å². The number of aryl methyl sites for hydroxylation is 1. The van der Waals surface area contributed by atoms with Crippen LogP contribution in [0.4, 0.5) is 8.78 Å². The Kier molecular flexibility index (Phi) is 8.62. The Morgan fingerprint density at radius 1 is 0.852 bits per heavy atom. The minimum absolute atomic E-state index is 0.279. The minimum Gasteiger partial charge on any atom is -0.491 e. The molecular formula is C22H26F2N2O. The zero-order chi connectivity index (χ0) is 19.5. The van der Waals surface area contributed by atoms with Gasteiger partial charge < -0.3 is 4.74 Å². The summed E-state index contributed by atoms with van der Waals surface area (Å²) < 4.78 is 31.9. The van der Waals surface area contributed by atoms with Crippen molar-refractivity contribution in [3.8, 4) is 5.75 Å². The highest BCUT2D eigenvalue weighted by atomic mass is 19.1. The number of hydrogen-bond acceptors (Lipinski definition) is 3. The zero-order valence-corrected chi connectivity index (χ0v) is 15.9. The number of benzene rings is 2. The van der Waals surface area contributed by atoms with Gasteiger partial charge in [-0.3, -0.25) is 0 Å². The highest BCUT2D eigenvalue weighted by Crippen LogP contribution is 2.22. The van der Waals surface area contributed by atoms with Gasteiger partial charge in [0, 0.05) is 5.56 Å². The van der Waals surface area contributed by atoms with Crippen LogP contribution in [-0.2, 0) is 6.42 Å². The van der Waals surface area contributed by atoms with Crippen LogP contribution in [0.15, 0.2) is 46.6 Å². The fraction of sp³-hybridized carbons (Fsp3) is 0.364. The lowest BCUT2D eigenvalue weighted by molar-refractivity contribution is 0.360. The van der Waals surface area contributed by atoms with Gasteiger partial charge >= 0.3 is 0 Å². The molecule has 2 aromatic carbocycles. The van der Waals surface area contributed by atoms with E-state index in [-0.39, 0.29) is 5.56 Å². The minimum atomic E-state index is -0.770. The first kappa shape index (κ1) is 20.7. The molecule has 0 fully saturated rings. The van der Waals surface area contributed by atoms with E-state index in [0.29, 0.717) is 0 Å². The molecule has 0 radical (unpaired) electrons. The molecule has 0 amide bonds. The molecule has 0 aliphatic rings. The third kappa shape index (κ3) is 6.93. The zero-order valence-electron chi connectivity index (χ0n) is 15.9. The van der Waals surface area contributed by atoms with E-state index in [9.17, 15) is 8.78 Å². The van der Waals surface area contributed by atoms with Crippen molar-refractivity contribution < 1.29 is 13.5 Å². The number of hydrogen-bond donors (Lipinski definition) is 0. The van der Waals surface area contributed by atoms with E-state index in [1.807, 2.05) is 12.1 Å². The van der Waals surface area contributed by atoms with Gasteiger partial charge in [0.1, 0.15) is 0 Å². The van der Waals surface area contributed by atoms with Crippen molar-refractivity contribution in [1.29, 1.82) is 0 Å². The van der Waals surface area contributed by atoms with Gasteiger partial charge in [-0.2, -0.15) is 10.2 Å². The summed E-state index contributed by atoms with van der Waals surface area (Å²) in [5.41, 5.74) is 2.52. The Balaban J connectivity index is 1.86. The molecule has 27 heavy (non-hydrogen) atoms. The standard InChI is InChI=1S/C22H26F2N2O/c1-3-4-5-6-7-8-17-9-11-18(12-10-17)15-25-26-16-19-13-20(23)22(27-2)21(24)14-19/h9-16H,3-8H2,1-2H3/b25-15+,26-16+. The molecule has 3 nitrogen and oxygen atoms in total. The van der Waals surface area contributed by atoms with E-state index >= 15 is 0 Å². The average molecular weight is 372 g/mol. The molecule has 0 aliphatic carbocycles. The molecule has 0 aliphatic heterocycles. The van der Waals surface area contributed by atoms with E-state index in [4.69, 9.17) is 0 Å². The van der Waals surface area contributed by atoms with Gasteiger partial charge in [0.05, 0.1) is 19.5 Å². The molecule has 0 N–H and O–H groups in total. The number of nitrogens with zero attached hydrogens (tertiary/aromatic N) is 2. The van der Waals surface area contributed by atoms with E-state index in [1.165, 1.54) is 51.0 Å². The lowest BCUT2D eigenvalue weighted by Gasteiger charge is -2.03. The van der Waals surface area contributed by atoms with Crippen LogP contribution < -0.4 is 4.74 Å². The van der Waals surface area contributed by atoms with Crippen molar-refractivity contribution in [3.63, 3.8) is 0 Å². The Hall–Kier alpha value is -2.56. The summed E-state index contributed by atoms with van der Waals surface area (Å²) in [5.74, 6) is -1.94. The third-order valence-electron chi connectivity index (χ3n) is 4.25. The average Bonchev–Trinajstić information content (AvgIpc) is 2.66. The number of halogens is 2. The van der Waals surface area contributed by atoms with Crippen LogP contribution in [0.2, 0.25) is 0 Å². The fourth-order valence-electron chi connectivity index (χ4n) is 2.75. The van der Waals surface area contributed by atoms with E-state index in [0.717, 1.165) is 24.1 Å². The van der Waals surface area contributed by atoms with Gasteiger partial charge in [-0.05, 0) is 36.1 Å². The molecule has 144 valence electrons. The van der Waals surface area contributed by atoms with Gasteiger partial charge in [0.2, 0.25) is 0 Å². The summed E-state index contributed by atoms with van der Waals surface area (Å²) in [6.07, 6.45) is 10.4. The van der Waals surface area contributed by atoms with E-state index in [1.54, 1.807) is 6.21 Å². The van der Waals surface area contributed by atoms with Gasteiger partial charge in [0.25, 0.3) is 0 Å². The molecule has 2 aromatic rings. The summed E-state index contributed by atoms with van der Waals surface area (Å²) in [7, 11) is 1.22. The third-order valence-corrected chi connectivity index (χ3v) is 4.25. The monoisotopic (exact) mass is 372 g/mol. The molecule has 0 aromatic heterocycles. The topological polar surface area (TPSA) is 34.0 Å². The second kappa shape index (κ2) is 11.2. The van der Waals surface area contributed by atoms with Gasteiger partial charge in [-0.25, -0.2) is 8.78 Å². The first-order valence-electron chi connectivity index (χ1n) is 9.32. The van der Waals surface area contributed by atoms with Crippen molar-refractivity contribution in [2.24, 2.45) is 10.2 Å². The Morgan fingerprint density at radius 3 is 2.04 bits per heavy atom. The Labute approximate surface area is 159 Å². The Morgan fingerprint density at radius 2 is 1.44 bits per heavy atom.